The number of anilines is 1. The van der Waals surface area contributed by atoms with E-state index in [0.717, 1.165) is 5.56 Å². The van der Waals surface area contributed by atoms with Crippen LogP contribution < -0.4 is 19.5 Å². The molecule has 7 nitrogen and oxygen atoms in total. The Balaban J connectivity index is 2.03. The van der Waals surface area contributed by atoms with Crippen LogP contribution in [0.3, 0.4) is 0 Å². The average Bonchev–Trinajstić information content (AvgIpc) is 2.65. The maximum absolute atomic E-state index is 12.2. The standard InChI is InChI=1S/C19H23ClN2O5S/c1-4-9-21-28(24,25)14-6-8-17(15(20)11-14)27-12-19(23)22-16-10-13(2)5-7-18(16)26-3/h5-8,10-11,21H,4,9,12H2,1-3H3,(H,22,23). The summed E-state index contributed by atoms with van der Waals surface area (Å²) >= 11 is 6.11. The molecule has 1 amide bonds. The molecule has 0 heterocycles. The van der Waals surface area contributed by atoms with Crippen molar-refractivity contribution >= 4 is 33.2 Å². The van der Waals surface area contributed by atoms with E-state index in [9.17, 15) is 13.2 Å². The zero-order chi connectivity index (χ0) is 20.7. The molecule has 0 aliphatic rings. The smallest absolute Gasteiger partial charge is 0.262 e. The van der Waals surface area contributed by atoms with Crippen molar-refractivity contribution < 1.29 is 22.7 Å². The van der Waals surface area contributed by atoms with Gasteiger partial charge in [0.2, 0.25) is 10.0 Å². The first-order chi connectivity index (χ1) is 13.3. The lowest BCUT2D eigenvalue weighted by Crippen LogP contribution is -2.24. The number of carbonyl (C=O) groups is 1. The molecule has 9 heteroatoms. The van der Waals surface area contributed by atoms with Crippen molar-refractivity contribution in [2.75, 3.05) is 25.6 Å². The first kappa shape index (κ1) is 22.0. The Morgan fingerprint density at radius 1 is 1.14 bits per heavy atom. The summed E-state index contributed by atoms with van der Waals surface area (Å²) < 4.78 is 37.4. The molecule has 2 aromatic carbocycles. The Kier molecular flexibility index (Phi) is 7.68. The van der Waals surface area contributed by atoms with Crippen LogP contribution in [0.15, 0.2) is 41.3 Å². The SMILES string of the molecule is CCCNS(=O)(=O)c1ccc(OCC(=O)Nc2cc(C)ccc2OC)c(Cl)c1. The van der Waals surface area contributed by atoms with Gasteiger partial charge in [-0.25, -0.2) is 13.1 Å². The second-order valence-corrected chi connectivity index (χ2v) is 8.20. The molecule has 0 aromatic heterocycles. The number of sulfonamides is 1. The highest BCUT2D eigenvalue weighted by atomic mass is 35.5. The van der Waals surface area contributed by atoms with Crippen LogP contribution in [0.1, 0.15) is 18.9 Å². The van der Waals surface area contributed by atoms with E-state index in [1.54, 1.807) is 12.1 Å². The van der Waals surface area contributed by atoms with Crippen LogP contribution in [0, 0.1) is 6.92 Å². The van der Waals surface area contributed by atoms with Crippen LogP contribution in [0.25, 0.3) is 0 Å². The summed E-state index contributed by atoms with van der Waals surface area (Å²) in [7, 11) is -2.11. The molecule has 0 fully saturated rings. The summed E-state index contributed by atoms with van der Waals surface area (Å²) in [4.78, 5) is 12.2. The number of halogens is 1. The summed E-state index contributed by atoms with van der Waals surface area (Å²) in [6.07, 6.45) is 0.676. The molecule has 0 saturated carbocycles. The predicted molar refractivity (Wildman–Crippen MR) is 109 cm³/mol. The fourth-order valence-corrected chi connectivity index (χ4v) is 3.79. The van der Waals surface area contributed by atoms with Crippen LogP contribution in [-0.2, 0) is 14.8 Å². The van der Waals surface area contributed by atoms with Crippen LogP contribution in [0.5, 0.6) is 11.5 Å². The Bertz CT molecular complexity index is 947. The molecule has 0 saturated heterocycles. The Morgan fingerprint density at radius 3 is 2.50 bits per heavy atom. The van der Waals surface area contributed by atoms with E-state index in [1.807, 2.05) is 19.9 Å². The molecule has 0 unspecified atom stereocenters. The molecule has 2 rings (SSSR count). The maximum atomic E-state index is 12.2. The van der Waals surface area contributed by atoms with E-state index in [4.69, 9.17) is 21.1 Å². The average molecular weight is 427 g/mol. The number of carbonyl (C=O) groups excluding carboxylic acids is 1. The van der Waals surface area contributed by atoms with Gasteiger partial charge in [-0.1, -0.05) is 24.6 Å². The van der Waals surface area contributed by atoms with E-state index in [-0.39, 0.29) is 22.3 Å². The maximum Gasteiger partial charge on any atom is 0.262 e. The lowest BCUT2D eigenvalue weighted by atomic mass is 10.2. The van der Waals surface area contributed by atoms with Gasteiger partial charge in [0.15, 0.2) is 6.61 Å². The molecule has 152 valence electrons. The Hall–Kier alpha value is -2.29. The minimum atomic E-state index is -3.63. The summed E-state index contributed by atoms with van der Waals surface area (Å²) in [5.74, 6) is 0.342. The van der Waals surface area contributed by atoms with Crippen molar-refractivity contribution in [1.29, 1.82) is 0 Å². The van der Waals surface area contributed by atoms with Gasteiger partial charge in [0, 0.05) is 6.54 Å². The van der Waals surface area contributed by atoms with E-state index in [2.05, 4.69) is 10.0 Å². The normalized spacial score (nSPS) is 11.1. The number of hydrogen-bond donors (Lipinski definition) is 2. The van der Waals surface area contributed by atoms with Crippen molar-refractivity contribution in [2.24, 2.45) is 0 Å². The minimum absolute atomic E-state index is 0.0345. The third-order valence-corrected chi connectivity index (χ3v) is 5.50. The Morgan fingerprint density at radius 2 is 1.86 bits per heavy atom. The number of aryl methyl sites for hydroxylation is 1. The first-order valence-corrected chi connectivity index (χ1v) is 10.5. The second-order valence-electron chi connectivity index (χ2n) is 6.03. The van der Waals surface area contributed by atoms with Gasteiger partial charge in [-0.2, -0.15) is 0 Å². The lowest BCUT2D eigenvalue weighted by molar-refractivity contribution is -0.118. The number of hydrogen-bond acceptors (Lipinski definition) is 5. The highest BCUT2D eigenvalue weighted by Crippen LogP contribution is 2.28. The number of methoxy groups -OCH3 is 1. The van der Waals surface area contributed by atoms with Gasteiger partial charge in [0.05, 0.1) is 22.7 Å². The molecule has 2 N–H and O–H groups in total. The van der Waals surface area contributed by atoms with Crippen molar-refractivity contribution in [2.45, 2.75) is 25.2 Å². The summed E-state index contributed by atoms with van der Waals surface area (Å²) in [5.41, 5.74) is 1.50. The monoisotopic (exact) mass is 426 g/mol. The van der Waals surface area contributed by atoms with E-state index in [1.165, 1.54) is 25.3 Å². The molecule has 0 aliphatic heterocycles. The fourth-order valence-electron chi connectivity index (χ4n) is 2.33. The summed E-state index contributed by atoms with van der Waals surface area (Å²) in [5, 5.41) is 2.81. The first-order valence-electron chi connectivity index (χ1n) is 8.63. The van der Waals surface area contributed by atoms with E-state index < -0.39 is 15.9 Å². The van der Waals surface area contributed by atoms with Crippen molar-refractivity contribution in [3.63, 3.8) is 0 Å². The van der Waals surface area contributed by atoms with Crippen LogP contribution in [0.4, 0.5) is 5.69 Å². The third kappa shape index (κ3) is 5.85. The summed E-state index contributed by atoms with van der Waals surface area (Å²) in [6.45, 7) is 3.80. The molecule has 2 aromatic rings. The predicted octanol–water partition coefficient (Wildman–Crippen LogP) is 3.36. The number of amides is 1. The Labute approximate surface area is 170 Å². The number of ether oxygens (including phenoxy) is 2. The fraction of sp³-hybridized carbons (Fsp3) is 0.316. The molecular formula is C19H23ClN2O5S. The van der Waals surface area contributed by atoms with Crippen LogP contribution >= 0.6 is 11.6 Å². The van der Waals surface area contributed by atoms with Crippen molar-refractivity contribution in [1.82, 2.24) is 4.72 Å². The number of benzene rings is 2. The van der Waals surface area contributed by atoms with Crippen LogP contribution in [0.2, 0.25) is 5.02 Å². The van der Waals surface area contributed by atoms with E-state index in [0.29, 0.717) is 24.4 Å². The highest BCUT2D eigenvalue weighted by molar-refractivity contribution is 7.89. The van der Waals surface area contributed by atoms with Crippen LogP contribution in [-0.4, -0.2) is 34.6 Å². The molecule has 28 heavy (non-hydrogen) atoms. The van der Waals surface area contributed by atoms with Gasteiger partial charge in [0.1, 0.15) is 11.5 Å². The molecule has 0 bridgehead atoms. The van der Waals surface area contributed by atoms with Gasteiger partial charge in [-0.05, 0) is 49.2 Å². The van der Waals surface area contributed by atoms with Gasteiger partial charge in [0.25, 0.3) is 5.91 Å². The highest BCUT2D eigenvalue weighted by Gasteiger charge is 2.16. The largest absolute Gasteiger partial charge is 0.495 e. The van der Waals surface area contributed by atoms with Crippen molar-refractivity contribution in [3.8, 4) is 11.5 Å². The topological polar surface area (TPSA) is 93.7 Å². The quantitative estimate of drug-likeness (QED) is 0.641. The molecule has 0 radical (unpaired) electrons. The molecule has 0 atom stereocenters. The molecular weight excluding hydrogens is 404 g/mol. The number of rotatable bonds is 9. The summed E-state index contributed by atoms with van der Waals surface area (Å²) in [6, 6.07) is 9.50. The van der Waals surface area contributed by atoms with Gasteiger partial charge in [-0.15, -0.1) is 0 Å². The lowest BCUT2D eigenvalue weighted by Gasteiger charge is -2.13. The zero-order valence-corrected chi connectivity index (χ0v) is 17.5. The third-order valence-electron chi connectivity index (χ3n) is 3.74. The second kappa shape index (κ2) is 9.77. The minimum Gasteiger partial charge on any atom is -0.495 e. The number of nitrogens with one attached hydrogen (secondary N) is 2. The van der Waals surface area contributed by atoms with Gasteiger partial charge in [-0.3, -0.25) is 4.79 Å². The molecule has 0 aliphatic carbocycles. The zero-order valence-electron chi connectivity index (χ0n) is 15.9. The van der Waals surface area contributed by atoms with Gasteiger partial charge >= 0.3 is 0 Å². The van der Waals surface area contributed by atoms with E-state index >= 15 is 0 Å². The molecule has 0 spiro atoms. The van der Waals surface area contributed by atoms with Crippen molar-refractivity contribution in [3.05, 3.63) is 47.0 Å². The van der Waals surface area contributed by atoms with Gasteiger partial charge < -0.3 is 14.8 Å².